The maximum absolute atomic E-state index is 13.1. The molecule has 0 radical (unpaired) electrons. The van der Waals surface area contributed by atoms with E-state index >= 15 is 0 Å². The molecule has 0 amide bonds. The van der Waals surface area contributed by atoms with Crippen LogP contribution in [0.25, 0.3) is 0 Å². The van der Waals surface area contributed by atoms with Crippen molar-refractivity contribution < 1.29 is 8.42 Å². The SMILES string of the molecule is Cc1ccc2c(c1)[C@@H]1CN(C)CC[C@H]1N2c1nc(S(=O)(=O)c2ccccc2)c(Cl)s1. The number of benzene rings is 2. The molecular formula is C22H22ClN3O2S2. The number of thiazole rings is 1. The minimum absolute atomic E-state index is 0.0552. The first kappa shape index (κ1) is 20.0. The first-order valence-corrected chi connectivity index (χ1v) is 12.6. The van der Waals surface area contributed by atoms with E-state index in [-0.39, 0.29) is 20.3 Å². The summed E-state index contributed by atoms with van der Waals surface area (Å²) in [4.78, 5) is 9.36. The smallest absolute Gasteiger partial charge is 0.226 e. The second-order valence-electron chi connectivity index (χ2n) is 8.05. The first-order valence-electron chi connectivity index (χ1n) is 9.91. The van der Waals surface area contributed by atoms with E-state index < -0.39 is 9.84 Å². The van der Waals surface area contributed by atoms with E-state index in [1.54, 1.807) is 30.3 Å². The molecule has 1 fully saturated rings. The molecule has 2 aromatic carbocycles. The Morgan fingerprint density at radius 3 is 2.70 bits per heavy atom. The molecule has 0 unspecified atom stereocenters. The third-order valence-corrected chi connectivity index (χ3v) is 9.21. The lowest BCUT2D eigenvalue weighted by Gasteiger charge is -2.36. The summed E-state index contributed by atoms with van der Waals surface area (Å²) in [5.74, 6) is 0.371. The van der Waals surface area contributed by atoms with Gasteiger partial charge in [0.1, 0.15) is 4.34 Å². The molecule has 8 heteroatoms. The number of hydrogen-bond acceptors (Lipinski definition) is 6. The van der Waals surface area contributed by atoms with Gasteiger partial charge in [0.2, 0.25) is 9.84 Å². The highest BCUT2D eigenvalue weighted by atomic mass is 35.5. The Labute approximate surface area is 185 Å². The maximum atomic E-state index is 13.1. The molecular weight excluding hydrogens is 438 g/mol. The Kier molecular flexibility index (Phi) is 4.89. The lowest BCUT2D eigenvalue weighted by atomic mass is 9.89. The van der Waals surface area contributed by atoms with Gasteiger partial charge in [-0.15, -0.1) is 0 Å². The fourth-order valence-corrected chi connectivity index (χ4v) is 7.57. The second-order valence-corrected chi connectivity index (χ2v) is 11.5. The molecule has 1 aromatic heterocycles. The number of hydrogen-bond donors (Lipinski definition) is 0. The number of piperidine rings is 1. The van der Waals surface area contributed by atoms with Crippen LogP contribution in [-0.4, -0.2) is 44.5 Å². The number of sulfone groups is 1. The maximum Gasteiger partial charge on any atom is 0.226 e. The van der Waals surface area contributed by atoms with Crippen LogP contribution in [0.5, 0.6) is 0 Å². The average Bonchev–Trinajstić information content (AvgIpc) is 3.26. The zero-order chi connectivity index (χ0) is 21.0. The highest BCUT2D eigenvalue weighted by Gasteiger charge is 2.43. The van der Waals surface area contributed by atoms with Crippen molar-refractivity contribution in [2.24, 2.45) is 0 Å². The van der Waals surface area contributed by atoms with Gasteiger partial charge in [-0.05, 0) is 50.7 Å². The lowest BCUT2D eigenvalue weighted by molar-refractivity contribution is 0.236. The van der Waals surface area contributed by atoms with Gasteiger partial charge in [0.25, 0.3) is 0 Å². The van der Waals surface area contributed by atoms with Gasteiger partial charge in [-0.3, -0.25) is 0 Å². The van der Waals surface area contributed by atoms with Crippen molar-refractivity contribution in [1.29, 1.82) is 0 Å². The van der Waals surface area contributed by atoms with E-state index in [0.29, 0.717) is 11.0 Å². The van der Waals surface area contributed by atoms with Crippen LogP contribution in [0, 0.1) is 6.92 Å². The summed E-state index contributed by atoms with van der Waals surface area (Å²) < 4.78 is 26.5. The highest BCUT2D eigenvalue weighted by Crippen LogP contribution is 2.50. The molecule has 156 valence electrons. The molecule has 2 atom stereocenters. The van der Waals surface area contributed by atoms with Crippen molar-refractivity contribution in [3.8, 4) is 0 Å². The number of anilines is 2. The van der Waals surface area contributed by atoms with Crippen LogP contribution in [0.3, 0.4) is 0 Å². The minimum Gasteiger partial charge on any atom is -0.314 e. The normalized spacial score (nSPS) is 21.5. The van der Waals surface area contributed by atoms with Crippen LogP contribution in [0.2, 0.25) is 4.34 Å². The monoisotopic (exact) mass is 459 g/mol. The summed E-state index contributed by atoms with van der Waals surface area (Å²) in [6.45, 7) is 4.08. The second kappa shape index (κ2) is 7.34. The average molecular weight is 460 g/mol. The van der Waals surface area contributed by atoms with Gasteiger partial charge in [0.15, 0.2) is 10.2 Å². The highest BCUT2D eigenvalue weighted by molar-refractivity contribution is 7.91. The zero-order valence-corrected chi connectivity index (χ0v) is 19.1. The van der Waals surface area contributed by atoms with E-state index in [9.17, 15) is 8.42 Å². The van der Waals surface area contributed by atoms with Gasteiger partial charge in [0, 0.05) is 24.2 Å². The summed E-state index contributed by atoms with van der Waals surface area (Å²) in [6.07, 6.45) is 0.993. The molecule has 2 aliphatic heterocycles. The van der Waals surface area contributed by atoms with Crippen LogP contribution in [0.15, 0.2) is 58.5 Å². The summed E-state index contributed by atoms with van der Waals surface area (Å²) in [6, 6.07) is 15.1. The molecule has 5 nitrogen and oxygen atoms in total. The van der Waals surface area contributed by atoms with Crippen molar-refractivity contribution in [2.75, 3.05) is 25.0 Å². The summed E-state index contributed by atoms with van der Waals surface area (Å²) in [5, 5.41) is 0.595. The number of halogens is 1. The fraction of sp³-hybridized carbons (Fsp3) is 0.318. The molecule has 0 bridgehead atoms. The number of aryl methyl sites for hydroxylation is 1. The molecule has 5 rings (SSSR count). The first-order chi connectivity index (χ1) is 14.4. The van der Waals surface area contributed by atoms with Crippen molar-refractivity contribution in [3.05, 3.63) is 64.0 Å². The predicted octanol–water partition coefficient (Wildman–Crippen LogP) is 4.88. The number of likely N-dealkylation sites (tertiary alicyclic amines) is 1. The van der Waals surface area contributed by atoms with Gasteiger partial charge in [-0.25, -0.2) is 13.4 Å². The van der Waals surface area contributed by atoms with Crippen molar-refractivity contribution in [1.82, 2.24) is 9.88 Å². The van der Waals surface area contributed by atoms with Crippen LogP contribution in [-0.2, 0) is 9.84 Å². The molecule has 3 aromatic rings. The standard InChI is InChI=1S/C22H22ClN3O2S2/c1-14-8-9-18-16(12-14)17-13-25(2)11-10-19(17)26(18)22-24-21(20(23)29-22)30(27,28)15-6-4-3-5-7-15/h3-9,12,17,19H,10-11,13H2,1-2H3/t17-,19+/m0/s1. The third kappa shape index (κ3) is 3.15. The molecule has 3 heterocycles. The van der Waals surface area contributed by atoms with E-state index in [1.165, 1.54) is 22.5 Å². The number of aromatic nitrogens is 1. The van der Waals surface area contributed by atoms with Gasteiger partial charge in [0.05, 0.1) is 4.90 Å². The quantitative estimate of drug-likeness (QED) is 0.558. The Morgan fingerprint density at radius 1 is 1.17 bits per heavy atom. The Balaban J connectivity index is 1.61. The Hall–Kier alpha value is -1.93. The van der Waals surface area contributed by atoms with E-state index in [1.807, 2.05) is 0 Å². The molecule has 1 saturated heterocycles. The van der Waals surface area contributed by atoms with Crippen LogP contribution < -0.4 is 4.90 Å². The van der Waals surface area contributed by atoms with Gasteiger partial charge >= 0.3 is 0 Å². The van der Waals surface area contributed by atoms with Gasteiger partial charge in [-0.2, -0.15) is 0 Å². The summed E-state index contributed by atoms with van der Waals surface area (Å²) >= 11 is 7.70. The van der Waals surface area contributed by atoms with Gasteiger partial charge in [-0.1, -0.05) is 58.8 Å². The Bertz CT molecular complexity index is 1210. The molecule has 0 spiro atoms. The van der Waals surface area contributed by atoms with Crippen LogP contribution in [0.4, 0.5) is 10.8 Å². The van der Waals surface area contributed by atoms with Crippen molar-refractivity contribution >= 4 is 43.6 Å². The molecule has 0 aliphatic carbocycles. The molecule has 0 N–H and O–H groups in total. The minimum atomic E-state index is -3.77. The number of likely N-dealkylation sites (N-methyl/N-ethyl adjacent to an activating group) is 1. The topological polar surface area (TPSA) is 53.5 Å². The summed E-state index contributed by atoms with van der Waals surface area (Å²) in [7, 11) is -1.62. The fourth-order valence-electron chi connectivity index (χ4n) is 4.59. The van der Waals surface area contributed by atoms with E-state index in [2.05, 4.69) is 47.0 Å². The third-order valence-electron chi connectivity index (χ3n) is 6.01. The van der Waals surface area contributed by atoms with Crippen molar-refractivity contribution in [2.45, 2.75) is 35.2 Å². The summed E-state index contributed by atoms with van der Waals surface area (Å²) in [5.41, 5.74) is 3.65. The molecule has 2 aliphatic rings. The number of nitrogens with zero attached hydrogens (tertiary/aromatic N) is 3. The van der Waals surface area contributed by atoms with Gasteiger partial charge < -0.3 is 9.80 Å². The predicted molar refractivity (Wildman–Crippen MR) is 121 cm³/mol. The van der Waals surface area contributed by atoms with E-state index in [4.69, 9.17) is 11.6 Å². The molecule has 30 heavy (non-hydrogen) atoms. The zero-order valence-electron chi connectivity index (χ0n) is 16.7. The molecule has 0 saturated carbocycles. The van der Waals surface area contributed by atoms with Crippen LogP contribution >= 0.6 is 22.9 Å². The van der Waals surface area contributed by atoms with E-state index in [0.717, 1.165) is 25.2 Å². The lowest BCUT2D eigenvalue weighted by Crippen LogP contribution is -2.43. The largest absolute Gasteiger partial charge is 0.314 e. The van der Waals surface area contributed by atoms with Crippen molar-refractivity contribution in [3.63, 3.8) is 0 Å². The number of rotatable bonds is 3. The van der Waals surface area contributed by atoms with Crippen LogP contribution in [0.1, 0.15) is 23.5 Å². The number of fused-ring (bicyclic) bond motifs is 3. The Morgan fingerprint density at radius 2 is 1.93 bits per heavy atom.